The highest BCUT2D eigenvalue weighted by atomic mass is 31.2. The highest BCUT2D eigenvalue weighted by Crippen LogP contribution is 2.69. The van der Waals surface area contributed by atoms with Gasteiger partial charge in [0.25, 0.3) is 0 Å². The molecule has 0 aliphatic carbocycles. The normalized spacial score (nSPS) is 10.7. The van der Waals surface area contributed by atoms with Gasteiger partial charge in [0.1, 0.15) is 0 Å². The maximum Gasteiger partial charge on any atom is 0.0991 e. The fraction of sp³-hybridized carbons (Fsp3) is 0.222. The molecule has 0 aromatic heterocycles. The van der Waals surface area contributed by atoms with Crippen LogP contribution in [-0.4, -0.2) is 0 Å². The first-order chi connectivity index (χ1) is 19.6. The van der Waals surface area contributed by atoms with E-state index in [9.17, 15) is 21.0 Å². The van der Waals surface area contributed by atoms with Crippen LogP contribution >= 0.6 is 7.26 Å². The molecule has 0 aliphatic rings. The first kappa shape index (κ1) is 29.3. The molecule has 0 saturated heterocycles. The topological polar surface area (TPSA) is 95.2 Å². The summed E-state index contributed by atoms with van der Waals surface area (Å²) in [6.45, 7) is 8.07. The lowest BCUT2D eigenvalue weighted by Crippen LogP contribution is -2.10. The van der Waals surface area contributed by atoms with E-state index in [0.29, 0.717) is 22.3 Å². The van der Waals surface area contributed by atoms with Gasteiger partial charge in [-0.2, -0.15) is 21.0 Å². The molecule has 0 N–H and O–H groups in total. The standard InChI is InChI=1S/C36H32N4P/c1-25-5-29(17-37)13-33(9-25)21-41(22-34-10-26(2)6-30(14-34)18-38,23-35-11-27(3)7-31(15-35)19-39)24-36-12-28(4)8-32(16-36)20-40/h5-16H,21-24H2,1-4H3/q+1. The molecule has 0 spiro atoms. The van der Waals surface area contributed by atoms with Gasteiger partial charge >= 0.3 is 0 Å². The summed E-state index contributed by atoms with van der Waals surface area (Å²) in [7, 11) is -2.02. The van der Waals surface area contributed by atoms with Crippen molar-refractivity contribution in [2.45, 2.75) is 52.3 Å². The van der Waals surface area contributed by atoms with Gasteiger partial charge in [-0.25, -0.2) is 0 Å². The van der Waals surface area contributed by atoms with Crippen LogP contribution < -0.4 is 0 Å². The molecule has 4 rings (SSSR count). The summed E-state index contributed by atoms with van der Waals surface area (Å²) in [5.74, 6) is 0. The lowest BCUT2D eigenvalue weighted by molar-refractivity contribution is 1.15. The number of aryl methyl sites for hydroxylation is 4. The molecule has 0 atom stereocenters. The molecule has 4 aromatic rings. The molecule has 0 aliphatic heterocycles. The molecule has 0 saturated carbocycles. The Morgan fingerprint density at radius 3 is 0.805 bits per heavy atom. The van der Waals surface area contributed by atoms with Crippen molar-refractivity contribution in [1.82, 2.24) is 0 Å². The summed E-state index contributed by atoms with van der Waals surface area (Å²) in [5.41, 5.74) is 11.2. The van der Waals surface area contributed by atoms with Gasteiger partial charge in [0, 0.05) is 7.26 Å². The molecule has 0 amide bonds. The second-order valence-corrected chi connectivity index (χ2v) is 15.2. The van der Waals surface area contributed by atoms with Gasteiger partial charge in [-0.3, -0.25) is 0 Å². The van der Waals surface area contributed by atoms with E-state index < -0.39 is 7.26 Å². The van der Waals surface area contributed by atoms with E-state index in [4.69, 9.17) is 0 Å². The molecule has 0 bridgehead atoms. The minimum absolute atomic E-state index is 0.644. The van der Waals surface area contributed by atoms with Crippen molar-refractivity contribution >= 4 is 7.26 Å². The fourth-order valence-corrected chi connectivity index (χ4v) is 10.5. The van der Waals surface area contributed by atoms with Gasteiger partial charge in [0.2, 0.25) is 0 Å². The molecule has 4 nitrogen and oxygen atoms in total. The second-order valence-electron chi connectivity index (χ2n) is 11.3. The quantitative estimate of drug-likeness (QED) is 0.205. The Bertz CT molecular complexity index is 1520. The zero-order valence-electron chi connectivity index (χ0n) is 24.0. The summed E-state index contributed by atoms with van der Waals surface area (Å²) >= 11 is 0. The lowest BCUT2D eigenvalue weighted by atomic mass is 10.1. The van der Waals surface area contributed by atoms with Crippen molar-refractivity contribution in [2.75, 3.05) is 0 Å². The van der Waals surface area contributed by atoms with Crippen molar-refractivity contribution in [3.8, 4) is 24.3 Å². The smallest absolute Gasteiger partial charge is 0.0991 e. The summed E-state index contributed by atoms with van der Waals surface area (Å²) in [4.78, 5) is 0. The van der Waals surface area contributed by atoms with Crippen LogP contribution in [0.15, 0.2) is 72.8 Å². The zero-order chi connectivity index (χ0) is 29.6. The zero-order valence-corrected chi connectivity index (χ0v) is 24.9. The Hall–Kier alpha value is -4.73. The molecule has 5 heteroatoms. The van der Waals surface area contributed by atoms with Crippen molar-refractivity contribution < 1.29 is 0 Å². The molecule has 41 heavy (non-hydrogen) atoms. The van der Waals surface area contributed by atoms with E-state index in [0.717, 1.165) is 69.2 Å². The monoisotopic (exact) mass is 551 g/mol. The largest absolute Gasteiger partial charge is 0.192 e. The summed E-state index contributed by atoms with van der Waals surface area (Å²) in [6.07, 6.45) is 3.13. The van der Waals surface area contributed by atoms with Crippen LogP contribution in [0.1, 0.15) is 66.8 Å². The molecule has 0 radical (unpaired) electrons. The van der Waals surface area contributed by atoms with Gasteiger partial charge < -0.3 is 0 Å². The first-order valence-corrected chi connectivity index (χ1v) is 16.0. The lowest BCUT2D eigenvalue weighted by Gasteiger charge is -2.29. The second kappa shape index (κ2) is 12.6. The van der Waals surface area contributed by atoms with Crippen LogP contribution in [0, 0.1) is 73.0 Å². The molecule has 200 valence electrons. The maximum atomic E-state index is 9.72. The summed E-state index contributed by atoms with van der Waals surface area (Å²) < 4.78 is 0. The van der Waals surface area contributed by atoms with E-state index in [1.54, 1.807) is 0 Å². The highest BCUT2D eigenvalue weighted by molar-refractivity contribution is 7.72. The fourth-order valence-electron chi connectivity index (χ4n) is 5.96. The van der Waals surface area contributed by atoms with Gasteiger partial charge in [-0.05, 0) is 121 Å². The Morgan fingerprint density at radius 1 is 0.390 bits per heavy atom. The van der Waals surface area contributed by atoms with Gasteiger partial charge in [0.05, 0.1) is 71.2 Å². The Kier molecular flexibility index (Phi) is 9.01. The van der Waals surface area contributed by atoms with E-state index >= 15 is 0 Å². The van der Waals surface area contributed by atoms with Crippen LogP contribution in [0.3, 0.4) is 0 Å². The van der Waals surface area contributed by atoms with E-state index in [2.05, 4.69) is 48.5 Å². The molecular formula is C36H32N4P+. The molecule has 0 unspecified atom stereocenters. The Morgan fingerprint density at radius 2 is 0.610 bits per heavy atom. The molecule has 0 fully saturated rings. The average Bonchev–Trinajstić information content (AvgIpc) is 2.91. The van der Waals surface area contributed by atoms with Crippen LogP contribution in [0.2, 0.25) is 0 Å². The number of nitrogens with zero attached hydrogens (tertiary/aromatic N) is 4. The third-order valence-electron chi connectivity index (χ3n) is 7.14. The third kappa shape index (κ3) is 7.69. The van der Waals surface area contributed by atoms with E-state index in [-0.39, 0.29) is 0 Å². The van der Waals surface area contributed by atoms with Crippen LogP contribution in [0.5, 0.6) is 0 Å². The maximum absolute atomic E-state index is 9.72. The minimum Gasteiger partial charge on any atom is -0.192 e. The summed E-state index contributed by atoms with van der Waals surface area (Å²) in [6, 6.07) is 33.5. The number of hydrogen-bond donors (Lipinski definition) is 0. The molecular weight excluding hydrogens is 519 g/mol. The summed E-state index contributed by atoms with van der Waals surface area (Å²) in [5, 5.41) is 38.9. The van der Waals surface area contributed by atoms with Gasteiger partial charge in [-0.1, -0.05) is 24.3 Å². The SMILES string of the molecule is Cc1cc(C#N)cc(C[P+](Cc2cc(C)cc(C#N)c2)(Cc2cc(C)cc(C#N)c2)Cc2cc(C)cc(C#N)c2)c1. The Labute approximate surface area is 244 Å². The van der Waals surface area contributed by atoms with Crippen molar-refractivity contribution in [3.63, 3.8) is 0 Å². The number of benzene rings is 4. The number of hydrogen-bond acceptors (Lipinski definition) is 4. The van der Waals surface area contributed by atoms with Crippen molar-refractivity contribution in [3.05, 3.63) is 140 Å². The van der Waals surface area contributed by atoms with Crippen molar-refractivity contribution in [2.24, 2.45) is 0 Å². The van der Waals surface area contributed by atoms with Crippen LogP contribution in [-0.2, 0) is 24.6 Å². The highest BCUT2D eigenvalue weighted by Gasteiger charge is 2.39. The Balaban J connectivity index is 1.95. The average molecular weight is 552 g/mol. The minimum atomic E-state index is -2.02. The van der Waals surface area contributed by atoms with E-state index in [1.165, 1.54) is 0 Å². The third-order valence-corrected chi connectivity index (χ3v) is 11.3. The van der Waals surface area contributed by atoms with Gasteiger partial charge in [0.15, 0.2) is 0 Å². The van der Waals surface area contributed by atoms with E-state index in [1.807, 2.05) is 76.2 Å². The molecule has 0 heterocycles. The molecule has 4 aromatic carbocycles. The predicted octanol–water partition coefficient (Wildman–Crippen LogP) is 8.53. The predicted molar refractivity (Wildman–Crippen MR) is 165 cm³/mol. The first-order valence-electron chi connectivity index (χ1n) is 13.5. The van der Waals surface area contributed by atoms with Crippen LogP contribution in [0.4, 0.5) is 0 Å². The number of rotatable bonds is 8. The van der Waals surface area contributed by atoms with Crippen LogP contribution in [0.25, 0.3) is 0 Å². The van der Waals surface area contributed by atoms with Crippen molar-refractivity contribution in [1.29, 1.82) is 21.0 Å². The van der Waals surface area contributed by atoms with Gasteiger partial charge in [-0.15, -0.1) is 0 Å². The number of nitriles is 4.